The van der Waals surface area contributed by atoms with Crippen LogP contribution in [0.3, 0.4) is 0 Å². The molecule has 3 aliphatic carbocycles. The Hall–Kier alpha value is -1.92. The minimum absolute atomic E-state index is 0.0533. The monoisotopic (exact) mass is 485 g/mol. The van der Waals surface area contributed by atoms with Gasteiger partial charge in [0.05, 0.1) is 5.75 Å². The van der Waals surface area contributed by atoms with E-state index < -0.39 is 25.8 Å². The van der Waals surface area contributed by atoms with E-state index in [1.165, 1.54) is 0 Å². The van der Waals surface area contributed by atoms with E-state index in [9.17, 15) is 26.7 Å². The molecule has 2 atom stereocenters. The highest BCUT2D eigenvalue weighted by atomic mass is 32.2. The largest absolute Gasteiger partial charge is 0.511 e. The maximum absolute atomic E-state index is 12.9. The lowest BCUT2D eigenvalue weighted by molar-refractivity contribution is -0.121. The van der Waals surface area contributed by atoms with E-state index in [1.54, 1.807) is 5.38 Å². The molecule has 0 radical (unpaired) electrons. The second kappa shape index (κ2) is 7.04. The first-order valence-electron chi connectivity index (χ1n) is 10.2. The number of amidine groups is 1. The van der Waals surface area contributed by atoms with E-state index in [2.05, 4.69) is 15.0 Å². The van der Waals surface area contributed by atoms with Crippen molar-refractivity contribution in [1.82, 2.24) is 5.32 Å². The molecule has 0 saturated heterocycles. The summed E-state index contributed by atoms with van der Waals surface area (Å²) in [5.41, 5.74) is 0.255. The summed E-state index contributed by atoms with van der Waals surface area (Å²) in [5.74, 6) is -0.601. The van der Waals surface area contributed by atoms with Gasteiger partial charge in [0, 0.05) is 18.2 Å². The van der Waals surface area contributed by atoms with Crippen LogP contribution in [0.5, 0.6) is 0 Å². The minimum Gasteiger partial charge on any atom is -0.511 e. The number of carbonyl (C=O) groups is 1. The Kier molecular flexibility index (Phi) is 4.76. The van der Waals surface area contributed by atoms with E-state index in [1.807, 2.05) is 0 Å². The Labute approximate surface area is 184 Å². The SMILES string of the molecule is CS(=O)(=O)CCc1csc2c1S(=O)(=O)N=C(C1=C(O)C3C4CCC(CC4)C3NC1=O)N2. The van der Waals surface area contributed by atoms with Crippen molar-refractivity contribution < 1.29 is 26.7 Å². The summed E-state index contributed by atoms with van der Waals surface area (Å²) in [4.78, 5) is 12.8. The lowest BCUT2D eigenvalue weighted by Crippen LogP contribution is -2.58. The van der Waals surface area contributed by atoms with Crippen molar-refractivity contribution in [3.05, 3.63) is 22.3 Å². The van der Waals surface area contributed by atoms with E-state index in [0.717, 1.165) is 43.3 Å². The number of amides is 1. The predicted octanol–water partition coefficient (Wildman–Crippen LogP) is 1.59. The van der Waals surface area contributed by atoms with Crippen LogP contribution in [0, 0.1) is 17.8 Å². The molecule has 2 unspecified atom stereocenters. The number of fused-ring (bicyclic) bond motifs is 3. The summed E-state index contributed by atoms with van der Waals surface area (Å²) in [6.07, 6.45) is 5.16. The van der Waals surface area contributed by atoms with Crippen molar-refractivity contribution in [2.24, 2.45) is 22.2 Å². The molecule has 2 bridgehead atoms. The zero-order valence-electron chi connectivity index (χ0n) is 16.8. The third kappa shape index (κ3) is 3.48. The van der Waals surface area contributed by atoms with Crippen LogP contribution < -0.4 is 10.6 Å². The summed E-state index contributed by atoms with van der Waals surface area (Å²) in [6, 6.07) is -0.121. The third-order valence-electron chi connectivity index (χ3n) is 6.81. The fourth-order valence-electron chi connectivity index (χ4n) is 5.41. The summed E-state index contributed by atoms with van der Waals surface area (Å²) in [6.45, 7) is 0. The van der Waals surface area contributed by atoms with Crippen LogP contribution >= 0.6 is 11.3 Å². The minimum atomic E-state index is -4.17. The van der Waals surface area contributed by atoms with Crippen LogP contribution in [-0.2, 0) is 31.1 Å². The highest BCUT2D eigenvalue weighted by Gasteiger charge is 2.51. The molecule has 2 aliphatic heterocycles. The molecule has 3 fully saturated rings. The average Bonchev–Trinajstić information content (AvgIpc) is 3.10. The number of anilines is 1. The number of sulfone groups is 1. The van der Waals surface area contributed by atoms with Crippen molar-refractivity contribution in [3.63, 3.8) is 0 Å². The third-order valence-corrected chi connectivity index (χ3v) is 10.2. The van der Waals surface area contributed by atoms with E-state index in [-0.39, 0.29) is 57.1 Å². The van der Waals surface area contributed by atoms with E-state index in [0.29, 0.717) is 11.5 Å². The molecule has 3 heterocycles. The second-order valence-electron chi connectivity index (χ2n) is 8.80. The van der Waals surface area contributed by atoms with Gasteiger partial charge >= 0.3 is 0 Å². The summed E-state index contributed by atoms with van der Waals surface area (Å²) in [7, 11) is -7.43. The standard InChI is InChI=1S/C19H23N3O6S3/c1-30(25,26)7-6-11-8-29-19-16(11)31(27,28)22-17(21-19)13-15(23)12-9-2-4-10(5-3-9)14(12)20-18(13)24/h8-10,12,14,23H,2-7H2,1H3,(H,20,24)(H,21,22). The maximum atomic E-state index is 12.9. The number of aryl methyl sites for hydroxylation is 1. The highest BCUT2D eigenvalue weighted by Crippen LogP contribution is 2.49. The summed E-state index contributed by atoms with van der Waals surface area (Å²) < 4.78 is 52.7. The molecule has 168 valence electrons. The Balaban J connectivity index is 1.52. The number of carbonyl (C=O) groups excluding carboxylic acids is 1. The lowest BCUT2D eigenvalue weighted by atomic mass is 9.59. The van der Waals surface area contributed by atoms with Crippen molar-refractivity contribution in [1.29, 1.82) is 0 Å². The molecule has 9 nitrogen and oxygen atoms in total. The maximum Gasteiger partial charge on any atom is 0.287 e. The van der Waals surface area contributed by atoms with Crippen LogP contribution in [-0.4, -0.2) is 51.7 Å². The number of aliphatic hydroxyl groups excluding tert-OH is 1. The first-order chi connectivity index (χ1) is 14.5. The van der Waals surface area contributed by atoms with Gasteiger partial charge in [-0.2, -0.15) is 8.42 Å². The fourth-order valence-corrected chi connectivity index (χ4v) is 8.67. The van der Waals surface area contributed by atoms with Crippen LogP contribution in [0.25, 0.3) is 0 Å². The Morgan fingerprint density at radius 2 is 1.90 bits per heavy atom. The lowest BCUT2D eigenvalue weighted by Gasteiger charge is -2.50. The van der Waals surface area contributed by atoms with Gasteiger partial charge in [-0.05, 0) is 54.9 Å². The first kappa shape index (κ1) is 21.0. The molecule has 1 amide bonds. The van der Waals surface area contributed by atoms with E-state index >= 15 is 0 Å². The zero-order valence-corrected chi connectivity index (χ0v) is 19.2. The summed E-state index contributed by atoms with van der Waals surface area (Å²) in [5, 5.41) is 18.8. The number of aliphatic hydroxyl groups is 1. The van der Waals surface area contributed by atoms with Crippen molar-refractivity contribution >= 4 is 47.9 Å². The molecule has 3 N–H and O–H groups in total. The Morgan fingerprint density at radius 1 is 1.23 bits per heavy atom. The number of nitrogens with zero attached hydrogens (tertiary/aromatic N) is 1. The van der Waals surface area contributed by atoms with Gasteiger partial charge in [-0.3, -0.25) is 4.79 Å². The Bertz CT molecular complexity index is 1240. The molecule has 0 spiro atoms. The van der Waals surface area contributed by atoms with Gasteiger partial charge in [0.15, 0.2) is 5.84 Å². The number of rotatable bonds is 4. The van der Waals surface area contributed by atoms with Crippen LogP contribution in [0.15, 0.2) is 26.0 Å². The molecule has 12 heteroatoms. The first-order valence-corrected chi connectivity index (χ1v) is 14.6. The predicted molar refractivity (Wildman–Crippen MR) is 117 cm³/mol. The number of sulfonamides is 1. The molecular weight excluding hydrogens is 462 g/mol. The second-order valence-corrected chi connectivity index (χ2v) is 13.5. The Morgan fingerprint density at radius 3 is 2.58 bits per heavy atom. The van der Waals surface area contributed by atoms with Crippen LogP contribution in [0.4, 0.5) is 5.00 Å². The quantitative estimate of drug-likeness (QED) is 0.588. The van der Waals surface area contributed by atoms with Crippen molar-refractivity contribution in [3.8, 4) is 0 Å². The van der Waals surface area contributed by atoms with E-state index in [4.69, 9.17) is 0 Å². The van der Waals surface area contributed by atoms with Gasteiger partial charge in [-0.25, -0.2) is 8.42 Å². The summed E-state index contributed by atoms with van der Waals surface area (Å²) >= 11 is 1.11. The smallest absolute Gasteiger partial charge is 0.287 e. The molecule has 1 aromatic rings. The number of nitrogens with one attached hydrogen (secondary N) is 2. The molecule has 0 aromatic carbocycles. The number of hydrogen-bond acceptors (Lipinski definition) is 8. The van der Waals surface area contributed by atoms with Crippen LogP contribution in [0.2, 0.25) is 0 Å². The number of hydrogen-bond donors (Lipinski definition) is 3. The molecule has 3 saturated carbocycles. The van der Waals surface area contributed by atoms with Gasteiger partial charge < -0.3 is 15.7 Å². The van der Waals surface area contributed by atoms with Crippen molar-refractivity contribution in [2.45, 2.75) is 43.0 Å². The highest BCUT2D eigenvalue weighted by molar-refractivity contribution is 7.91. The molecule has 5 aliphatic rings. The molecule has 1 aromatic heterocycles. The molecular formula is C19H23N3O6S3. The van der Waals surface area contributed by atoms with Crippen LogP contribution in [0.1, 0.15) is 31.2 Å². The number of thiophene rings is 1. The van der Waals surface area contributed by atoms with Gasteiger partial charge in [0.25, 0.3) is 15.9 Å². The fraction of sp³-hybridized carbons (Fsp3) is 0.579. The van der Waals surface area contributed by atoms with Crippen molar-refractivity contribution in [2.75, 3.05) is 17.3 Å². The molecule has 31 heavy (non-hydrogen) atoms. The zero-order chi connectivity index (χ0) is 22.1. The van der Waals surface area contributed by atoms with Gasteiger partial charge in [0.1, 0.15) is 31.1 Å². The topological polar surface area (TPSA) is 142 Å². The molecule has 6 rings (SSSR count). The normalized spacial score (nSPS) is 31.4. The van der Waals surface area contributed by atoms with Gasteiger partial charge in [-0.1, -0.05) is 0 Å². The average molecular weight is 486 g/mol. The van der Waals surface area contributed by atoms with Gasteiger partial charge in [-0.15, -0.1) is 15.7 Å². The van der Waals surface area contributed by atoms with Gasteiger partial charge in [0.2, 0.25) is 0 Å².